The lowest BCUT2D eigenvalue weighted by atomic mass is 9.91. The van der Waals surface area contributed by atoms with Crippen LogP contribution in [0.5, 0.6) is 11.5 Å². The fraction of sp³-hybridized carbons (Fsp3) is 0.429. The zero-order valence-corrected chi connectivity index (χ0v) is 21.8. The highest BCUT2D eigenvalue weighted by molar-refractivity contribution is 5.97. The molecular weight excluding hydrogens is 487 g/mol. The number of hydrogen-bond acceptors (Lipinski definition) is 8. The molecule has 3 aromatic rings. The maximum atomic E-state index is 13.0. The minimum atomic E-state index is -0.716. The van der Waals surface area contributed by atoms with E-state index in [0.29, 0.717) is 55.8 Å². The SMILES string of the molecule is CC1CCC(=O)N1c1ccc2c(c1)OC(C)(C)c1nc(Nc3cncc(OCCN4CC(F)C4)c3)ncc1-2. The number of alkyl halides is 1. The number of anilines is 3. The summed E-state index contributed by atoms with van der Waals surface area (Å²) in [6, 6.07) is 7.89. The molecule has 0 radical (unpaired) electrons. The minimum Gasteiger partial charge on any atom is -0.491 e. The lowest BCUT2D eigenvalue weighted by Crippen LogP contribution is -2.49. The molecule has 2 aromatic heterocycles. The molecule has 0 bridgehead atoms. The van der Waals surface area contributed by atoms with E-state index in [1.807, 2.05) is 47.9 Å². The third-order valence-corrected chi connectivity index (χ3v) is 7.30. The fourth-order valence-electron chi connectivity index (χ4n) is 5.29. The van der Waals surface area contributed by atoms with Crippen LogP contribution in [0.1, 0.15) is 39.3 Å². The minimum absolute atomic E-state index is 0.141. The summed E-state index contributed by atoms with van der Waals surface area (Å²) in [7, 11) is 0. The summed E-state index contributed by atoms with van der Waals surface area (Å²) in [6.45, 7) is 8.10. The number of ether oxygens (including phenoxy) is 2. The highest BCUT2D eigenvalue weighted by Gasteiger charge is 2.36. The number of nitrogens with zero attached hydrogens (tertiary/aromatic N) is 5. The van der Waals surface area contributed by atoms with Crippen molar-refractivity contribution in [1.29, 1.82) is 0 Å². The molecule has 0 spiro atoms. The van der Waals surface area contributed by atoms with Gasteiger partial charge in [0.2, 0.25) is 11.9 Å². The van der Waals surface area contributed by atoms with Gasteiger partial charge in [-0.2, -0.15) is 0 Å². The van der Waals surface area contributed by atoms with Crippen LogP contribution < -0.4 is 19.7 Å². The molecule has 1 unspecified atom stereocenters. The second-order valence-electron chi connectivity index (χ2n) is 10.6. The predicted molar refractivity (Wildman–Crippen MR) is 142 cm³/mol. The summed E-state index contributed by atoms with van der Waals surface area (Å²) in [5.74, 6) is 1.89. The lowest BCUT2D eigenvalue weighted by Gasteiger charge is -2.34. The maximum absolute atomic E-state index is 13.0. The quantitative estimate of drug-likeness (QED) is 0.490. The van der Waals surface area contributed by atoms with Crippen molar-refractivity contribution in [2.75, 3.05) is 36.5 Å². The number of amides is 1. The molecule has 10 heteroatoms. The molecule has 5 heterocycles. The first-order valence-electron chi connectivity index (χ1n) is 13.0. The van der Waals surface area contributed by atoms with Gasteiger partial charge in [-0.15, -0.1) is 0 Å². The van der Waals surface area contributed by atoms with E-state index in [0.717, 1.165) is 28.9 Å². The zero-order chi connectivity index (χ0) is 26.4. The molecule has 1 N–H and O–H groups in total. The summed E-state index contributed by atoms with van der Waals surface area (Å²) in [4.78, 5) is 29.9. The number of hydrogen-bond donors (Lipinski definition) is 1. The molecule has 6 rings (SSSR count). The molecule has 198 valence electrons. The average Bonchev–Trinajstić information content (AvgIpc) is 3.20. The Kier molecular flexibility index (Phi) is 6.14. The third-order valence-electron chi connectivity index (χ3n) is 7.30. The summed E-state index contributed by atoms with van der Waals surface area (Å²) in [5, 5.41) is 3.21. The zero-order valence-electron chi connectivity index (χ0n) is 21.8. The van der Waals surface area contributed by atoms with E-state index in [4.69, 9.17) is 14.5 Å². The van der Waals surface area contributed by atoms with Gasteiger partial charge in [-0.1, -0.05) is 0 Å². The van der Waals surface area contributed by atoms with Gasteiger partial charge in [-0.25, -0.2) is 14.4 Å². The predicted octanol–water partition coefficient (Wildman–Crippen LogP) is 4.46. The van der Waals surface area contributed by atoms with Gasteiger partial charge in [0.1, 0.15) is 29.9 Å². The van der Waals surface area contributed by atoms with Crippen molar-refractivity contribution in [3.05, 3.63) is 48.5 Å². The smallest absolute Gasteiger partial charge is 0.227 e. The number of rotatable bonds is 7. The summed E-state index contributed by atoms with van der Waals surface area (Å²) in [5.41, 5.74) is 3.39. The van der Waals surface area contributed by atoms with Crippen LogP contribution in [0.4, 0.5) is 21.7 Å². The summed E-state index contributed by atoms with van der Waals surface area (Å²) >= 11 is 0. The number of carbonyl (C=O) groups excluding carboxylic acids is 1. The van der Waals surface area contributed by atoms with Gasteiger partial charge in [-0.3, -0.25) is 14.7 Å². The average molecular weight is 519 g/mol. The molecule has 3 aliphatic heterocycles. The topological polar surface area (TPSA) is 92.7 Å². The van der Waals surface area contributed by atoms with Crippen LogP contribution in [0.25, 0.3) is 11.1 Å². The molecule has 3 aliphatic rings. The van der Waals surface area contributed by atoms with Crippen molar-refractivity contribution in [2.24, 2.45) is 0 Å². The van der Waals surface area contributed by atoms with Gasteiger partial charge >= 0.3 is 0 Å². The molecule has 2 fully saturated rings. The summed E-state index contributed by atoms with van der Waals surface area (Å²) in [6.07, 6.45) is 5.84. The van der Waals surface area contributed by atoms with Crippen LogP contribution in [-0.2, 0) is 10.4 Å². The molecule has 1 amide bonds. The highest BCUT2D eigenvalue weighted by atomic mass is 19.1. The van der Waals surface area contributed by atoms with Crippen molar-refractivity contribution in [3.8, 4) is 22.6 Å². The summed E-state index contributed by atoms with van der Waals surface area (Å²) < 4.78 is 25.2. The van der Waals surface area contributed by atoms with Gasteiger partial charge in [0.05, 0.1) is 23.8 Å². The second kappa shape index (κ2) is 9.50. The molecule has 1 aromatic carbocycles. The number of aromatic nitrogens is 3. The normalized spacial score (nSPS) is 20.4. The maximum Gasteiger partial charge on any atom is 0.227 e. The van der Waals surface area contributed by atoms with Crippen LogP contribution >= 0.6 is 0 Å². The highest BCUT2D eigenvalue weighted by Crippen LogP contribution is 2.46. The van der Waals surface area contributed by atoms with E-state index in [-0.39, 0.29) is 11.9 Å². The van der Waals surface area contributed by atoms with Crippen molar-refractivity contribution in [3.63, 3.8) is 0 Å². The van der Waals surface area contributed by atoms with Crippen molar-refractivity contribution in [1.82, 2.24) is 19.9 Å². The Hall–Kier alpha value is -3.79. The Labute approximate surface area is 221 Å². The van der Waals surface area contributed by atoms with Crippen molar-refractivity contribution >= 4 is 23.2 Å². The van der Waals surface area contributed by atoms with Crippen LogP contribution in [0, 0.1) is 0 Å². The van der Waals surface area contributed by atoms with Gasteiger partial charge in [0.25, 0.3) is 0 Å². The van der Waals surface area contributed by atoms with Crippen LogP contribution in [-0.4, -0.2) is 64.2 Å². The van der Waals surface area contributed by atoms with Gasteiger partial charge < -0.3 is 19.7 Å². The molecule has 1 atom stereocenters. The van der Waals surface area contributed by atoms with Crippen LogP contribution in [0.2, 0.25) is 0 Å². The number of nitrogens with one attached hydrogen (secondary N) is 1. The Morgan fingerprint density at radius 2 is 2.03 bits per heavy atom. The van der Waals surface area contributed by atoms with E-state index >= 15 is 0 Å². The van der Waals surface area contributed by atoms with E-state index in [2.05, 4.69) is 22.2 Å². The van der Waals surface area contributed by atoms with E-state index < -0.39 is 11.8 Å². The first-order chi connectivity index (χ1) is 18.3. The standard InChI is InChI=1S/C28H31FN6O3/c1-17-4-7-25(36)35(17)20-5-6-22-23-14-31-27(33-26(23)28(2,3)38-24(22)11-20)32-19-10-21(13-30-12-19)37-9-8-34-15-18(29)16-34/h5-6,10-14,17-18H,4,7-9,15-16H2,1-3H3,(H,31,32,33). The number of fused-ring (bicyclic) bond motifs is 3. The second-order valence-corrected chi connectivity index (χ2v) is 10.6. The van der Waals surface area contributed by atoms with Gasteiger partial charge in [0.15, 0.2) is 0 Å². The lowest BCUT2D eigenvalue weighted by molar-refractivity contribution is -0.117. The van der Waals surface area contributed by atoms with E-state index in [1.165, 1.54) is 0 Å². The fourth-order valence-corrected chi connectivity index (χ4v) is 5.29. The van der Waals surface area contributed by atoms with Gasteiger partial charge in [-0.05, 0) is 39.3 Å². The molecule has 38 heavy (non-hydrogen) atoms. The molecular formula is C28H31FN6O3. The first kappa shape index (κ1) is 24.5. The third kappa shape index (κ3) is 4.64. The molecule has 9 nitrogen and oxygen atoms in total. The monoisotopic (exact) mass is 518 g/mol. The molecule has 0 saturated carbocycles. The van der Waals surface area contributed by atoms with E-state index in [9.17, 15) is 9.18 Å². The number of benzene rings is 1. The largest absolute Gasteiger partial charge is 0.491 e. The number of pyridine rings is 1. The van der Waals surface area contributed by atoms with E-state index in [1.54, 1.807) is 18.6 Å². The Morgan fingerprint density at radius 1 is 1.18 bits per heavy atom. The van der Waals surface area contributed by atoms with Crippen molar-refractivity contribution in [2.45, 2.75) is 51.4 Å². The van der Waals surface area contributed by atoms with Crippen LogP contribution in [0.15, 0.2) is 42.9 Å². The van der Waals surface area contributed by atoms with Gasteiger partial charge in [0, 0.05) is 67.2 Å². The number of halogens is 1. The Morgan fingerprint density at radius 3 is 2.79 bits per heavy atom. The van der Waals surface area contributed by atoms with Crippen molar-refractivity contribution < 1.29 is 18.7 Å². The molecule has 2 saturated heterocycles. The Balaban J connectivity index is 1.20. The number of likely N-dealkylation sites (tertiary alicyclic amines) is 1. The van der Waals surface area contributed by atoms with Crippen LogP contribution in [0.3, 0.4) is 0 Å². The first-order valence-corrected chi connectivity index (χ1v) is 13.0. The molecule has 0 aliphatic carbocycles. The number of carbonyl (C=O) groups is 1. The Bertz CT molecular complexity index is 1380.